The van der Waals surface area contributed by atoms with Gasteiger partial charge in [0.2, 0.25) is 0 Å². The molecular formula is C18H20FN5O3. The summed E-state index contributed by atoms with van der Waals surface area (Å²) in [4.78, 5) is 30.2. The molecule has 1 aromatic heterocycles. The van der Waals surface area contributed by atoms with Crippen LogP contribution < -0.4 is 5.32 Å². The molecule has 0 saturated heterocycles. The lowest BCUT2D eigenvalue weighted by Gasteiger charge is -2.35. The van der Waals surface area contributed by atoms with Crippen molar-refractivity contribution in [1.82, 2.24) is 25.0 Å². The van der Waals surface area contributed by atoms with Gasteiger partial charge in [0, 0.05) is 12.2 Å². The van der Waals surface area contributed by atoms with Crippen LogP contribution in [0.4, 0.5) is 9.18 Å². The molecule has 0 bridgehead atoms. The third-order valence-electron chi connectivity index (χ3n) is 4.42. The van der Waals surface area contributed by atoms with E-state index in [2.05, 4.69) is 15.4 Å². The zero-order valence-corrected chi connectivity index (χ0v) is 15.3. The second kappa shape index (κ2) is 7.56. The second-order valence-electron chi connectivity index (χ2n) is 6.08. The molecule has 0 fully saturated rings. The third-order valence-corrected chi connectivity index (χ3v) is 4.42. The molecule has 1 N–H and O–H groups in total. The molecule has 27 heavy (non-hydrogen) atoms. The smallest absolute Gasteiger partial charge is 0.337 e. The molecular weight excluding hydrogens is 353 g/mol. The van der Waals surface area contributed by atoms with Crippen molar-refractivity contribution < 1.29 is 18.7 Å². The van der Waals surface area contributed by atoms with Crippen LogP contribution in [0.2, 0.25) is 0 Å². The summed E-state index contributed by atoms with van der Waals surface area (Å²) >= 11 is 0. The number of rotatable bonds is 5. The van der Waals surface area contributed by atoms with Crippen molar-refractivity contribution >= 4 is 12.0 Å². The molecule has 2 aromatic rings. The van der Waals surface area contributed by atoms with Crippen LogP contribution >= 0.6 is 0 Å². The first-order valence-electron chi connectivity index (χ1n) is 8.49. The Kier molecular flexibility index (Phi) is 5.20. The molecule has 2 heterocycles. The Morgan fingerprint density at radius 2 is 2.19 bits per heavy atom. The van der Waals surface area contributed by atoms with Gasteiger partial charge in [-0.3, -0.25) is 4.90 Å². The van der Waals surface area contributed by atoms with E-state index in [1.54, 1.807) is 13.0 Å². The molecule has 1 aliphatic rings. The number of urea groups is 1. The van der Waals surface area contributed by atoms with Crippen LogP contribution in [0, 0.1) is 5.82 Å². The lowest BCUT2D eigenvalue weighted by molar-refractivity contribution is -0.136. The normalized spacial score (nSPS) is 17.1. The fraction of sp³-hybridized carbons (Fsp3) is 0.333. The van der Waals surface area contributed by atoms with Gasteiger partial charge in [-0.15, -0.1) is 0 Å². The van der Waals surface area contributed by atoms with Crippen LogP contribution in [-0.4, -0.2) is 45.3 Å². The Labute approximate surface area is 155 Å². The highest BCUT2D eigenvalue weighted by Crippen LogP contribution is 2.32. The number of allylic oxidation sites excluding steroid dienone is 1. The molecule has 0 unspecified atom stereocenters. The first-order chi connectivity index (χ1) is 13.0. The first kappa shape index (κ1) is 18.6. The molecule has 1 atom stereocenters. The van der Waals surface area contributed by atoms with E-state index >= 15 is 0 Å². The van der Waals surface area contributed by atoms with Crippen LogP contribution in [0.1, 0.15) is 31.9 Å². The molecule has 0 radical (unpaired) electrons. The van der Waals surface area contributed by atoms with Crippen molar-refractivity contribution in [3.8, 4) is 5.69 Å². The van der Waals surface area contributed by atoms with E-state index in [-0.39, 0.29) is 17.3 Å². The summed E-state index contributed by atoms with van der Waals surface area (Å²) in [6.07, 6.45) is 3.41. The minimum absolute atomic E-state index is 0.214. The Hall–Kier alpha value is -3.23. The number of amides is 2. The van der Waals surface area contributed by atoms with E-state index in [0.29, 0.717) is 17.8 Å². The summed E-state index contributed by atoms with van der Waals surface area (Å²) in [5.41, 5.74) is 1.42. The summed E-state index contributed by atoms with van der Waals surface area (Å²) in [6, 6.07) is 3.28. The van der Waals surface area contributed by atoms with Gasteiger partial charge >= 0.3 is 12.0 Å². The average Bonchev–Trinajstić information content (AvgIpc) is 3.18. The van der Waals surface area contributed by atoms with Gasteiger partial charge in [-0.25, -0.2) is 23.6 Å². The van der Waals surface area contributed by atoms with Crippen molar-refractivity contribution in [3.63, 3.8) is 0 Å². The van der Waals surface area contributed by atoms with Crippen molar-refractivity contribution in [3.05, 3.63) is 53.5 Å². The third kappa shape index (κ3) is 3.40. The number of nitrogens with zero attached hydrogens (tertiary/aromatic N) is 4. The number of ether oxygens (including phenoxy) is 1. The minimum atomic E-state index is -0.808. The summed E-state index contributed by atoms with van der Waals surface area (Å²) in [6.45, 7) is 4.08. The SMILES string of the molecule is CCCN1C(=O)N[C@@H](c2ccc(-n3cncn3)c(F)c2)C(C(=O)OC)=C1C. The molecule has 0 spiro atoms. The maximum atomic E-state index is 14.6. The summed E-state index contributed by atoms with van der Waals surface area (Å²) in [5, 5.41) is 6.68. The van der Waals surface area contributed by atoms with Crippen molar-refractivity contribution in [2.45, 2.75) is 26.3 Å². The maximum absolute atomic E-state index is 14.6. The number of esters is 1. The van der Waals surface area contributed by atoms with Crippen LogP contribution in [0.3, 0.4) is 0 Å². The topological polar surface area (TPSA) is 89.4 Å². The van der Waals surface area contributed by atoms with Crippen LogP contribution in [0.25, 0.3) is 5.69 Å². The number of aromatic nitrogens is 3. The molecule has 0 aliphatic carbocycles. The molecule has 142 valence electrons. The monoisotopic (exact) mass is 373 g/mol. The van der Waals surface area contributed by atoms with Gasteiger partial charge in [0.25, 0.3) is 0 Å². The second-order valence-corrected chi connectivity index (χ2v) is 6.08. The van der Waals surface area contributed by atoms with Crippen LogP contribution in [-0.2, 0) is 9.53 Å². The molecule has 3 rings (SSSR count). The van der Waals surface area contributed by atoms with Gasteiger partial charge in [0.05, 0.1) is 18.7 Å². The van der Waals surface area contributed by atoms with Crippen LogP contribution in [0.15, 0.2) is 42.1 Å². The number of carbonyl (C=O) groups is 2. The number of methoxy groups -OCH3 is 1. The maximum Gasteiger partial charge on any atom is 0.337 e. The van der Waals surface area contributed by atoms with Gasteiger partial charge in [-0.1, -0.05) is 13.0 Å². The van der Waals surface area contributed by atoms with E-state index < -0.39 is 17.8 Å². The summed E-state index contributed by atoms with van der Waals surface area (Å²) < 4.78 is 20.8. The fourth-order valence-corrected chi connectivity index (χ4v) is 3.12. The van der Waals surface area contributed by atoms with Crippen molar-refractivity contribution in [1.29, 1.82) is 0 Å². The van der Waals surface area contributed by atoms with Gasteiger partial charge < -0.3 is 10.1 Å². The van der Waals surface area contributed by atoms with E-state index in [4.69, 9.17) is 4.74 Å². The number of hydrogen-bond acceptors (Lipinski definition) is 5. The zero-order valence-electron chi connectivity index (χ0n) is 15.3. The molecule has 1 aromatic carbocycles. The minimum Gasteiger partial charge on any atom is -0.466 e. The largest absolute Gasteiger partial charge is 0.466 e. The Bertz CT molecular complexity index is 894. The lowest BCUT2D eigenvalue weighted by atomic mass is 9.94. The quantitative estimate of drug-likeness (QED) is 0.813. The predicted octanol–water partition coefficient (Wildman–Crippen LogP) is 2.33. The average molecular weight is 373 g/mol. The fourth-order valence-electron chi connectivity index (χ4n) is 3.12. The molecule has 1 aliphatic heterocycles. The highest BCUT2D eigenvalue weighted by atomic mass is 19.1. The summed E-state index contributed by atoms with van der Waals surface area (Å²) in [5.74, 6) is -1.12. The van der Waals surface area contributed by atoms with Gasteiger partial charge in [0.15, 0.2) is 0 Å². The Morgan fingerprint density at radius 1 is 1.41 bits per heavy atom. The molecule has 0 saturated carbocycles. The first-order valence-corrected chi connectivity index (χ1v) is 8.49. The molecule has 9 heteroatoms. The standard InChI is InChI=1S/C18H20FN5O3/c1-4-7-23-11(2)15(17(25)27-3)16(22-18(23)26)12-5-6-14(13(19)8-12)24-10-20-9-21-24/h5-6,8-10,16H,4,7H2,1-3H3,(H,22,26)/t16-/m0/s1. The van der Waals surface area contributed by atoms with E-state index in [9.17, 15) is 14.0 Å². The number of nitrogens with one attached hydrogen (secondary N) is 1. The highest BCUT2D eigenvalue weighted by Gasteiger charge is 2.36. The predicted molar refractivity (Wildman–Crippen MR) is 94.3 cm³/mol. The van der Waals surface area contributed by atoms with Crippen molar-refractivity contribution in [2.24, 2.45) is 0 Å². The lowest BCUT2D eigenvalue weighted by Crippen LogP contribution is -2.48. The van der Waals surface area contributed by atoms with Gasteiger partial charge in [-0.2, -0.15) is 5.10 Å². The molecule has 8 nitrogen and oxygen atoms in total. The summed E-state index contributed by atoms with van der Waals surface area (Å²) in [7, 11) is 1.27. The Balaban J connectivity index is 2.05. The number of halogens is 1. The van der Waals surface area contributed by atoms with Gasteiger partial charge in [-0.05, 0) is 31.0 Å². The zero-order chi connectivity index (χ0) is 19.6. The molecule has 2 amide bonds. The number of carbonyl (C=O) groups excluding carboxylic acids is 2. The van der Waals surface area contributed by atoms with Crippen LogP contribution in [0.5, 0.6) is 0 Å². The van der Waals surface area contributed by atoms with Gasteiger partial charge in [0.1, 0.15) is 24.2 Å². The van der Waals surface area contributed by atoms with E-state index in [0.717, 1.165) is 6.42 Å². The number of benzene rings is 1. The van der Waals surface area contributed by atoms with E-state index in [1.807, 2.05) is 6.92 Å². The van der Waals surface area contributed by atoms with E-state index in [1.165, 1.54) is 41.5 Å². The Morgan fingerprint density at radius 3 is 2.78 bits per heavy atom. The van der Waals surface area contributed by atoms with Crippen molar-refractivity contribution in [2.75, 3.05) is 13.7 Å². The number of hydrogen-bond donors (Lipinski definition) is 1. The highest BCUT2D eigenvalue weighted by molar-refractivity contribution is 5.95.